The van der Waals surface area contributed by atoms with Gasteiger partial charge in [0, 0.05) is 31.5 Å². The summed E-state index contributed by atoms with van der Waals surface area (Å²) in [6.07, 6.45) is 4.66. The summed E-state index contributed by atoms with van der Waals surface area (Å²) in [6.45, 7) is 4.95. The van der Waals surface area contributed by atoms with Crippen molar-refractivity contribution in [2.75, 3.05) is 31.6 Å². The largest absolute Gasteiger partial charge is 0.380 e. The van der Waals surface area contributed by atoms with E-state index in [1.54, 1.807) is 6.33 Å². The first-order chi connectivity index (χ1) is 8.36. The van der Waals surface area contributed by atoms with E-state index in [1.165, 1.54) is 0 Å². The molecule has 0 aliphatic rings. The van der Waals surface area contributed by atoms with E-state index >= 15 is 0 Å². The summed E-state index contributed by atoms with van der Waals surface area (Å²) in [6, 6.07) is 2.00. The lowest BCUT2D eigenvalue weighted by molar-refractivity contribution is 0.141. The van der Waals surface area contributed by atoms with Crippen molar-refractivity contribution in [1.82, 2.24) is 9.97 Å². The second kappa shape index (κ2) is 8.90. The fourth-order valence-electron chi connectivity index (χ4n) is 1.46. The predicted octanol–water partition coefficient (Wildman–Crippen LogP) is 1.21. The van der Waals surface area contributed by atoms with Crippen LogP contribution in [0, 0.1) is 0 Å². The van der Waals surface area contributed by atoms with E-state index in [2.05, 4.69) is 22.2 Å². The molecular weight excluding hydrogens is 216 g/mol. The lowest BCUT2D eigenvalue weighted by Gasteiger charge is -2.06. The normalized spacial score (nSPS) is 10.5. The third-order valence-electron chi connectivity index (χ3n) is 2.26. The van der Waals surface area contributed by atoms with E-state index in [9.17, 15) is 0 Å². The molecule has 1 aromatic heterocycles. The van der Waals surface area contributed by atoms with Gasteiger partial charge in [-0.05, 0) is 12.8 Å². The van der Waals surface area contributed by atoms with Crippen LogP contribution in [-0.2, 0) is 11.2 Å². The van der Waals surface area contributed by atoms with E-state index in [4.69, 9.17) is 10.5 Å². The standard InChI is InChI=1S/C12H22N4O/c1-2-4-11-9-12(16-10-15-11)14-6-3-7-17-8-5-13/h9-10H,2-8,13H2,1H3,(H,14,15,16). The van der Waals surface area contributed by atoms with Crippen molar-refractivity contribution in [3.05, 3.63) is 18.1 Å². The predicted molar refractivity (Wildman–Crippen MR) is 69.0 cm³/mol. The Morgan fingerprint density at radius 2 is 2.24 bits per heavy atom. The number of nitrogens with two attached hydrogens (primary N) is 1. The third-order valence-corrected chi connectivity index (χ3v) is 2.26. The number of anilines is 1. The first-order valence-corrected chi connectivity index (χ1v) is 6.19. The van der Waals surface area contributed by atoms with Crippen LogP contribution < -0.4 is 11.1 Å². The zero-order valence-electron chi connectivity index (χ0n) is 10.5. The van der Waals surface area contributed by atoms with Crippen LogP contribution in [-0.4, -0.2) is 36.3 Å². The maximum absolute atomic E-state index is 5.32. The number of hydrogen-bond donors (Lipinski definition) is 2. The van der Waals surface area contributed by atoms with Gasteiger partial charge in [-0.25, -0.2) is 9.97 Å². The number of nitrogens with one attached hydrogen (secondary N) is 1. The number of rotatable bonds is 9. The van der Waals surface area contributed by atoms with Crippen LogP contribution in [0.5, 0.6) is 0 Å². The fraction of sp³-hybridized carbons (Fsp3) is 0.667. The zero-order chi connectivity index (χ0) is 12.3. The van der Waals surface area contributed by atoms with Crippen LogP contribution in [0.3, 0.4) is 0 Å². The number of aryl methyl sites for hydroxylation is 1. The van der Waals surface area contributed by atoms with Crippen molar-refractivity contribution in [3.63, 3.8) is 0 Å². The number of aromatic nitrogens is 2. The smallest absolute Gasteiger partial charge is 0.129 e. The van der Waals surface area contributed by atoms with E-state index in [-0.39, 0.29) is 0 Å². The van der Waals surface area contributed by atoms with E-state index in [0.29, 0.717) is 13.2 Å². The van der Waals surface area contributed by atoms with Gasteiger partial charge in [-0.1, -0.05) is 13.3 Å². The molecule has 3 N–H and O–H groups in total. The Bertz CT molecular complexity index is 306. The summed E-state index contributed by atoms with van der Waals surface area (Å²) >= 11 is 0. The summed E-state index contributed by atoms with van der Waals surface area (Å²) in [5.41, 5.74) is 6.41. The van der Waals surface area contributed by atoms with Crippen LogP contribution in [0.2, 0.25) is 0 Å². The molecule has 0 bridgehead atoms. The van der Waals surface area contributed by atoms with Gasteiger partial charge in [0.1, 0.15) is 12.1 Å². The highest BCUT2D eigenvalue weighted by Crippen LogP contribution is 2.05. The summed E-state index contributed by atoms with van der Waals surface area (Å²) in [7, 11) is 0. The molecule has 1 heterocycles. The van der Waals surface area contributed by atoms with Gasteiger partial charge in [0.15, 0.2) is 0 Å². The lowest BCUT2D eigenvalue weighted by Crippen LogP contribution is -2.12. The summed E-state index contributed by atoms with van der Waals surface area (Å²) in [5.74, 6) is 0.891. The minimum absolute atomic E-state index is 0.583. The molecule has 0 unspecified atom stereocenters. The molecule has 0 atom stereocenters. The highest BCUT2D eigenvalue weighted by atomic mass is 16.5. The highest BCUT2D eigenvalue weighted by Gasteiger charge is 1.97. The van der Waals surface area contributed by atoms with Crippen LogP contribution in [0.4, 0.5) is 5.82 Å². The van der Waals surface area contributed by atoms with Crippen molar-refractivity contribution < 1.29 is 4.74 Å². The van der Waals surface area contributed by atoms with Crippen molar-refractivity contribution >= 4 is 5.82 Å². The molecular formula is C12H22N4O. The monoisotopic (exact) mass is 238 g/mol. The van der Waals surface area contributed by atoms with Gasteiger partial charge in [0.05, 0.1) is 6.61 Å². The second-order valence-electron chi connectivity index (χ2n) is 3.83. The first kappa shape index (κ1) is 13.9. The van der Waals surface area contributed by atoms with Crippen LogP contribution in [0.15, 0.2) is 12.4 Å². The minimum atomic E-state index is 0.583. The van der Waals surface area contributed by atoms with Crippen LogP contribution in [0.1, 0.15) is 25.5 Å². The maximum Gasteiger partial charge on any atom is 0.129 e. The van der Waals surface area contributed by atoms with E-state index in [0.717, 1.165) is 43.9 Å². The zero-order valence-corrected chi connectivity index (χ0v) is 10.5. The van der Waals surface area contributed by atoms with Gasteiger partial charge in [0.2, 0.25) is 0 Å². The van der Waals surface area contributed by atoms with Crippen LogP contribution >= 0.6 is 0 Å². The van der Waals surface area contributed by atoms with Crippen LogP contribution in [0.25, 0.3) is 0 Å². The average Bonchev–Trinajstić information content (AvgIpc) is 2.35. The number of hydrogen-bond acceptors (Lipinski definition) is 5. The van der Waals surface area contributed by atoms with Gasteiger partial charge in [-0.15, -0.1) is 0 Å². The van der Waals surface area contributed by atoms with E-state index < -0.39 is 0 Å². The molecule has 0 fully saturated rings. The Kier molecular flexibility index (Phi) is 7.25. The van der Waals surface area contributed by atoms with Crippen molar-refractivity contribution in [3.8, 4) is 0 Å². The minimum Gasteiger partial charge on any atom is -0.380 e. The number of ether oxygens (including phenoxy) is 1. The molecule has 5 nitrogen and oxygen atoms in total. The lowest BCUT2D eigenvalue weighted by atomic mass is 10.2. The second-order valence-corrected chi connectivity index (χ2v) is 3.83. The molecule has 0 saturated heterocycles. The molecule has 0 aliphatic heterocycles. The quantitative estimate of drug-likeness (QED) is 0.633. The topological polar surface area (TPSA) is 73.1 Å². The average molecular weight is 238 g/mol. The van der Waals surface area contributed by atoms with E-state index in [1.807, 2.05) is 6.07 Å². The van der Waals surface area contributed by atoms with Crippen molar-refractivity contribution in [2.45, 2.75) is 26.2 Å². The van der Waals surface area contributed by atoms with Gasteiger partial charge in [0.25, 0.3) is 0 Å². The summed E-state index contributed by atoms with van der Waals surface area (Å²) < 4.78 is 5.29. The Labute approximate surface area is 103 Å². The molecule has 0 aromatic carbocycles. The van der Waals surface area contributed by atoms with Gasteiger partial charge in [-0.3, -0.25) is 0 Å². The molecule has 17 heavy (non-hydrogen) atoms. The molecule has 5 heteroatoms. The molecule has 96 valence electrons. The van der Waals surface area contributed by atoms with Gasteiger partial charge >= 0.3 is 0 Å². The summed E-state index contributed by atoms with van der Waals surface area (Å²) in [5, 5.41) is 3.26. The maximum atomic E-state index is 5.32. The molecule has 0 radical (unpaired) electrons. The SMILES string of the molecule is CCCc1cc(NCCCOCCN)ncn1. The Hall–Kier alpha value is -1.20. The Balaban J connectivity index is 2.19. The van der Waals surface area contributed by atoms with Crippen molar-refractivity contribution in [2.24, 2.45) is 5.73 Å². The number of nitrogens with zero attached hydrogens (tertiary/aromatic N) is 2. The van der Waals surface area contributed by atoms with Crippen molar-refractivity contribution in [1.29, 1.82) is 0 Å². The molecule has 1 rings (SSSR count). The van der Waals surface area contributed by atoms with Gasteiger partial charge in [-0.2, -0.15) is 0 Å². The molecule has 0 saturated carbocycles. The highest BCUT2D eigenvalue weighted by molar-refractivity contribution is 5.34. The first-order valence-electron chi connectivity index (χ1n) is 6.19. The Morgan fingerprint density at radius 1 is 1.35 bits per heavy atom. The fourth-order valence-corrected chi connectivity index (χ4v) is 1.46. The molecule has 0 aliphatic carbocycles. The Morgan fingerprint density at radius 3 is 3.00 bits per heavy atom. The third kappa shape index (κ3) is 6.19. The summed E-state index contributed by atoms with van der Waals surface area (Å²) in [4.78, 5) is 8.38. The molecule has 0 amide bonds. The molecule has 1 aromatic rings. The molecule has 0 spiro atoms. The van der Waals surface area contributed by atoms with Gasteiger partial charge < -0.3 is 15.8 Å².